The molecule has 1 aromatic carbocycles. The van der Waals surface area contributed by atoms with E-state index >= 15 is 0 Å². The zero-order valence-corrected chi connectivity index (χ0v) is 11.7. The molecule has 1 nitrogen and oxygen atoms in total. The summed E-state index contributed by atoms with van der Waals surface area (Å²) in [5, 5.41) is 1.28. The second-order valence-corrected chi connectivity index (χ2v) is 5.42. The molecule has 0 N–H and O–H groups in total. The number of rotatable bonds is 3. The van der Waals surface area contributed by atoms with Crippen LogP contribution in [0.1, 0.15) is 18.9 Å². The van der Waals surface area contributed by atoms with Crippen molar-refractivity contribution in [3.63, 3.8) is 0 Å². The monoisotopic (exact) mass is 269 g/mol. The van der Waals surface area contributed by atoms with Crippen LogP contribution in [0.4, 0.5) is 0 Å². The molecule has 0 saturated heterocycles. The van der Waals surface area contributed by atoms with Crippen LogP contribution < -0.4 is 0 Å². The fourth-order valence-corrected chi connectivity index (χ4v) is 2.72. The SMILES string of the molecule is CCC1=CC(Cc2ccc(Cl)c(Cl)c2)CN1C. The van der Waals surface area contributed by atoms with Gasteiger partial charge in [-0.2, -0.15) is 0 Å². The molecule has 0 spiro atoms. The lowest BCUT2D eigenvalue weighted by molar-refractivity contribution is 0.402. The summed E-state index contributed by atoms with van der Waals surface area (Å²) in [7, 11) is 2.16. The Kier molecular flexibility index (Phi) is 4.01. The molecular formula is C14H17Cl2N. The van der Waals surface area contributed by atoms with Crippen LogP contribution in [0.5, 0.6) is 0 Å². The lowest BCUT2D eigenvalue weighted by atomic mass is 10.0. The molecular weight excluding hydrogens is 253 g/mol. The Hall–Kier alpha value is -0.660. The second-order valence-electron chi connectivity index (χ2n) is 4.60. The highest BCUT2D eigenvalue weighted by atomic mass is 35.5. The Bertz CT molecular complexity index is 440. The molecule has 3 heteroatoms. The van der Waals surface area contributed by atoms with Crippen molar-refractivity contribution in [2.24, 2.45) is 5.92 Å². The van der Waals surface area contributed by atoms with Gasteiger partial charge in [0.05, 0.1) is 10.0 Å². The molecule has 1 aliphatic rings. The molecule has 17 heavy (non-hydrogen) atoms. The normalized spacial score (nSPS) is 19.6. The molecule has 92 valence electrons. The van der Waals surface area contributed by atoms with Gasteiger partial charge in [0.2, 0.25) is 0 Å². The van der Waals surface area contributed by atoms with Gasteiger partial charge < -0.3 is 4.90 Å². The third-order valence-corrected chi connectivity index (χ3v) is 4.01. The third kappa shape index (κ3) is 2.97. The van der Waals surface area contributed by atoms with Crippen molar-refractivity contribution in [1.29, 1.82) is 0 Å². The van der Waals surface area contributed by atoms with Crippen molar-refractivity contribution < 1.29 is 0 Å². The maximum atomic E-state index is 6.03. The van der Waals surface area contributed by atoms with Crippen LogP contribution in [0.15, 0.2) is 30.0 Å². The zero-order valence-electron chi connectivity index (χ0n) is 10.2. The predicted octanol–water partition coefficient (Wildman–Crippen LogP) is 4.39. The minimum Gasteiger partial charge on any atom is -0.378 e. The number of nitrogens with zero attached hydrogens (tertiary/aromatic N) is 1. The Balaban J connectivity index is 2.07. The topological polar surface area (TPSA) is 3.24 Å². The number of allylic oxidation sites excluding steroid dienone is 1. The van der Waals surface area contributed by atoms with Crippen molar-refractivity contribution in [3.8, 4) is 0 Å². The van der Waals surface area contributed by atoms with Crippen LogP contribution in [-0.4, -0.2) is 18.5 Å². The quantitative estimate of drug-likeness (QED) is 0.787. The van der Waals surface area contributed by atoms with Crippen LogP contribution in [0, 0.1) is 5.92 Å². The highest BCUT2D eigenvalue weighted by molar-refractivity contribution is 6.42. The number of hydrogen-bond donors (Lipinski definition) is 0. The van der Waals surface area contributed by atoms with Crippen molar-refractivity contribution in [1.82, 2.24) is 4.90 Å². The number of benzene rings is 1. The summed E-state index contributed by atoms with van der Waals surface area (Å²) in [4.78, 5) is 2.34. The molecule has 1 atom stereocenters. The van der Waals surface area contributed by atoms with Crippen molar-refractivity contribution in [2.45, 2.75) is 19.8 Å². The van der Waals surface area contributed by atoms with E-state index in [-0.39, 0.29) is 0 Å². The van der Waals surface area contributed by atoms with Crippen molar-refractivity contribution in [3.05, 3.63) is 45.6 Å². The molecule has 0 saturated carbocycles. The van der Waals surface area contributed by atoms with Gasteiger partial charge in [-0.05, 0) is 30.5 Å². The van der Waals surface area contributed by atoms with Gasteiger partial charge in [0.1, 0.15) is 0 Å². The van der Waals surface area contributed by atoms with Crippen molar-refractivity contribution in [2.75, 3.05) is 13.6 Å². The van der Waals surface area contributed by atoms with Gasteiger partial charge in [0, 0.05) is 25.2 Å². The minimum absolute atomic E-state index is 0.590. The fourth-order valence-electron chi connectivity index (χ4n) is 2.40. The first-order chi connectivity index (χ1) is 8.10. The van der Waals surface area contributed by atoms with Gasteiger partial charge in [-0.3, -0.25) is 0 Å². The van der Waals surface area contributed by atoms with Crippen LogP contribution in [0.25, 0.3) is 0 Å². The molecule has 1 aliphatic heterocycles. The van der Waals surface area contributed by atoms with E-state index in [0.717, 1.165) is 19.4 Å². The highest BCUT2D eigenvalue weighted by Gasteiger charge is 2.19. The molecule has 0 aliphatic carbocycles. The number of hydrogen-bond acceptors (Lipinski definition) is 1. The van der Waals surface area contributed by atoms with Gasteiger partial charge in [-0.25, -0.2) is 0 Å². The summed E-state index contributed by atoms with van der Waals surface area (Å²) in [6.07, 6.45) is 4.52. The third-order valence-electron chi connectivity index (χ3n) is 3.27. The van der Waals surface area contributed by atoms with Gasteiger partial charge in [0.15, 0.2) is 0 Å². The first-order valence-electron chi connectivity index (χ1n) is 5.96. The first kappa shape index (κ1) is 12.8. The van der Waals surface area contributed by atoms with Crippen LogP contribution in [-0.2, 0) is 6.42 Å². The summed E-state index contributed by atoms with van der Waals surface area (Å²) >= 11 is 11.9. The van der Waals surface area contributed by atoms with Crippen LogP contribution in [0.3, 0.4) is 0 Å². The molecule has 0 bridgehead atoms. The van der Waals surface area contributed by atoms with E-state index in [1.54, 1.807) is 0 Å². The second kappa shape index (κ2) is 5.32. The standard InChI is InChI=1S/C14H17Cl2N/c1-3-12-7-11(9-17(12)2)6-10-4-5-13(15)14(16)8-10/h4-5,7-8,11H,3,6,9H2,1-2H3. The summed E-state index contributed by atoms with van der Waals surface area (Å²) < 4.78 is 0. The molecule has 1 heterocycles. The van der Waals surface area contributed by atoms with Gasteiger partial charge >= 0.3 is 0 Å². The summed E-state index contributed by atoms with van der Waals surface area (Å²) in [5.41, 5.74) is 2.70. The Morgan fingerprint density at radius 3 is 2.65 bits per heavy atom. The summed E-state index contributed by atoms with van der Waals surface area (Å²) in [6, 6.07) is 5.91. The number of halogens is 2. The van der Waals surface area contributed by atoms with Crippen LogP contribution in [0.2, 0.25) is 10.0 Å². The smallest absolute Gasteiger partial charge is 0.0595 e. The minimum atomic E-state index is 0.590. The lowest BCUT2D eigenvalue weighted by Gasteiger charge is -2.16. The van der Waals surface area contributed by atoms with E-state index in [2.05, 4.69) is 31.0 Å². The average Bonchev–Trinajstić information content (AvgIpc) is 2.64. The maximum Gasteiger partial charge on any atom is 0.0595 e. The zero-order chi connectivity index (χ0) is 12.4. The highest BCUT2D eigenvalue weighted by Crippen LogP contribution is 2.27. The van der Waals surface area contributed by atoms with Crippen LogP contribution >= 0.6 is 23.2 Å². The van der Waals surface area contributed by atoms with Gasteiger partial charge in [-0.1, -0.05) is 42.3 Å². The Morgan fingerprint density at radius 1 is 1.29 bits per heavy atom. The molecule has 0 aromatic heterocycles. The Labute approximate surface area is 113 Å². The fraction of sp³-hybridized carbons (Fsp3) is 0.429. The molecule has 0 fully saturated rings. The average molecular weight is 270 g/mol. The first-order valence-corrected chi connectivity index (χ1v) is 6.71. The molecule has 1 aromatic rings. The predicted molar refractivity (Wildman–Crippen MR) is 74.7 cm³/mol. The summed E-state index contributed by atoms with van der Waals surface area (Å²) in [6.45, 7) is 3.30. The van der Waals surface area contributed by atoms with Crippen molar-refractivity contribution >= 4 is 23.2 Å². The van der Waals surface area contributed by atoms with Gasteiger partial charge in [0.25, 0.3) is 0 Å². The van der Waals surface area contributed by atoms with E-state index in [4.69, 9.17) is 23.2 Å². The summed E-state index contributed by atoms with van der Waals surface area (Å²) in [5.74, 6) is 0.590. The Morgan fingerprint density at radius 2 is 2.06 bits per heavy atom. The molecule has 2 rings (SSSR count). The van der Waals surface area contributed by atoms with E-state index < -0.39 is 0 Å². The lowest BCUT2D eigenvalue weighted by Crippen LogP contribution is -2.17. The van der Waals surface area contributed by atoms with E-state index in [0.29, 0.717) is 16.0 Å². The maximum absolute atomic E-state index is 6.03. The van der Waals surface area contributed by atoms with Gasteiger partial charge in [-0.15, -0.1) is 0 Å². The largest absolute Gasteiger partial charge is 0.378 e. The van der Waals surface area contributed by atoms with E-state index in [1.165, 1.54) is 11.3 Å². The van der Waals surface area contributed by atoms with E-state index in [1.807, 2.05) is 12.1 Å². The van der Waals surface area contributed by atoms with E-state index in [9.17, 15) is 0 Å². The molecule has 0 radical (unpaired) electrons. The molecule has 1 unspecified atom stereocenters. The molecule has 0 amide bonds.